The molecule has 0 fully saturated rings. The van der Waals surface area contributed by atoms with Gasteiger partial charge in [0.1, 0.15) is 5.69 Å². The Bertz CT molecular complexity index is 686. The van der Waals surface area contributed by atoms with Crippen molar-refractivity contribution in [2.45, 2.75) is 6.92 Å². The average molecular weight is 291 g/mol. The minimum Gasteiger partial charge on any atom is -0.477 e. The number of carbonyl (C=O) groups is 2. The normalized spacial score (nSPS) is 10.1. The fourth-order valence-electron chi connectivity index (χ4n) is 1.61. The van der Waals surface area contributed by atoms with Crippen molar-refractivity contribution < 1.29 is 14.7 Å². The monoisotopic (exact) mass is 290 g/mol. The summed E-state index contributed by atoms with van der Waals surface area (Å²) < 4.78 is 0. The SMILES string of the molecule is Cc1cc(C(=O)Nc2ccnc(C(=O)O)c2)ccc1Cl. The summed E-state index contributed by atoms with van der Waals surface area (Å²) in [5, 5.41) is 12.0. The van der Waals surface area contributed by atoms with Gasteiger partial charge in [0.2, 0.25) is 0 Å². The number of amides is 1. The van der Waals surface area contributed by atoms with Gasteiger partial charge in [0.25, 0.3) is 5.91 Å². The summed E-state index contributed by atoms with van der Waals surface area (Å²) in [6.45, 7) is 1.80. The molecule has 0 saturated carbocycles. The number of nitrogens with zero attached hydrogens (tertiary/aromatic N) is 1. The van der Waals surface area contributed by atoms with Gasteiger partial charge in [0, 0.05) is 22.5 Å². The van der Waals surface area contributed by atoms with E-state index in [2.05, 4.69) is 10.3 Å². The third kappa shape index (κ3) is 3.13. The summed E-state index contributed by atoms with van der Waals surface area (Å²) in [6, 6.07) is 7.72. The van der Waals surface area contributed by atoms with Crippen molar-refractivity contribution in [3.05, 3.63) is 58.4 Å². The quantitative estimate of drug-likeness (QED) is 0.911. The maximum Gasteiger partial charge on any atom is 0.354 e. The van der Waals surface area contributed by atoms with Crippen LogP contribution in [0.25, 0.3) is 0 Å². The number of hydrogen-bond donors (Lipinski definition) is 2. The summed E-state index contributed by atoms with van der Waals surface area (Å²) in [6.07, 6.45) is 1.33. The molecule has 102 valence electrons. The van der Waals surface area contributed by atoms with Crippen LogP contribution in [-0.2, 0) is 0 Å². The van der Waals surface area contributed by atoms with Gasteiger partial charge >= 0.3 is 5.97 Å². The molecule has 0 aliphatic rings. The number of aromatic nitrogens is 1. The zero-order valence-corrected chi connectivity index (χ0v) is 11.3. The van der Waals surface area contributed by atoms with E-state index in [1.807, 2.05) is 0 Å². The predicted octanol–water partition coefficient (Wildman–Crippen LogP) is 2.99. The second-order valence-corrected chi connectivity index (χ2v) is 4.56. The highest BCUT2D eigenvalue weighted by Gasteiger charge is 2.10. The minimum absolute atomic E-state index is 0.130. The Morgan fingerprint density at radius 1 is 1.25 bits per heavy atom. The smallest absolute Gasteiger partial charge is 0.354 e. The summed E-state index contributed by atoms with van der Waals surface area (Å²) in [5.41, 5.74) is 1.48. The number of halogens is 1. The van der Waals surface area contributed by atoms with Crippen LogP contribution in [0.1, 0.15) is 26.4 Å². The number of hydrogen-bond acceptors (Lipinski definition) is 3. The lowest BCUT2D eigenvalue weighted by molar-refractivity contribution is 0.0690. The van der Waals surface area contributed by atoms with Crippen LogP contribution in [0.5, 0.6) is 0 Å². The Labute approximate surface area is 120 Å². The molecule has 1 aromatic carbocycles. The topological polar surface area (TPSA) is 79.3 Å². The molecule has 0 aliphatic heterocycles. The van der Waals surface area contributed by atoms with Crippen molar-refractivity contribution in [2.24, 2.45) is 0 Å². The van der Waals surface area contributed by atoms with Crippen molar-refractivity contribution >= 4 is 29.2 Å². The van der Waals surface area contributed by atoms with Crippen molar-refractivity contribution in [3.8, 4) is 0 Å². The summed E-state index contributed by atoms with van der Waals surface area (Å²) in [5.74, 6) is -1.49. The van der Waals surface area contributed by atoms with Crippen LogP contribution in [-0.4, -0.2) is 22.0 Å². The second kappa shape index (κ2) is 5.71. The number of aryl methyl sites for hydroxylation is 1. The molecule has 0 saturated heterocycles. The van der Waals surface area contributed by atoms with Crippen LogP contribution in [0.15, 0.2) is 36.5 Å². The number of pyridine rings is 1. The number of nitrogens with one attached hydrogen (secondary N) is 1. The third-order valence-electron chi connectivity index (χ3n) is 2.66. The Kier molecular flexibility index (Phi) is 4.00. The zero-order chi connectivity index (χ0) is 14.7. The van der Waals surface area contributed by atoms with Gasteiger partial charge in [-0.3, -0.25) is 4.79 Å². The summed E-state index contributed by atoms with van der Waals surface area (Å²) in [4.78, 5) is 26.5. The predicted molar refractivity (Wildman–Crippen MR) is 75.3 cm³/mol. The highest BCUT2D eigenvalue weighted by Crippen LogP contribution is 2.17. The van der Waals surface area contributed by atoms with E-state index in [0.29, 0.717) is 16.3 Å². The summed E-state index contributed by atoms with van der Waals surface area (Å²) >= 11 is 5.90. The van der Waals surface area contributed by atoms with Crippen LogP contribution in [0, 0.1) is 6.92 Å². The maximum atomic E-state index is 12.0. The van der Waals surface area contributed by atoms with Crippen LogP contribution in [0.2, 0.25) is 5.02 Å². The van der Waals surface area contributed by atoms with Gasteiger partial charge in [-0.1, -0.05) is 11.6 Å². The van der Waals surface area contributed by atoms with Crippen LogP contribution in [0.3, 0.4) is 0 Å². The first-order valence-electron chi connectivity index (χ1n) is 5.74. The van der Waals surface area contributed by atoms with Gasteiger partial charge in [-0.2, -0.15) is 0 Å². The molecule has 2 rings (SSSR count). The first kappa shape index (κ1) is 14.0. The van der Waals surface area contributed by atoms with Gasteiger partial charge in [0.15, 0.2) is 0 Å². The Morgan fingerprint density at radius 3 is 2.65 bits per heavy atom. The van der Waals surface area contributed by atoms with E-state index in [9.17, 15) is 9.59 Å². The van der Waals surface area contributed by atoms with Gasteiger partial charge in [-0.25, -0.2) is 9.78 Å². The van der Waals surface area contributed by atoms with E-state index in [-0.39, 0.29) is 11.6 Å². The van der Waals surface area contributed by atoms with Crippen molar-refractivity contribution in [1.82, 2.24) is 4.98 Å². The van der Waals surface area contributed by atoms with Crippen LogP contribution in [0.4, 0.5) is 5.69 Å². The van der Waals surface area contributed by atoms with Crippen molar-refractivity contribution in [1.29, 1.82) is 0 Å². The zero-order valence-electron chi connectivity index (χ0n) is 10.6. The van der Waals surface area contributed by atoms with Crippen LogP contribution >= 0.6 is 11.6 Å². The lowest BCUT2D eigenvalue weighted by atomic mass is 10.1. The van der Waals surface area contributed by atoms with E-state index >= 15 is 0 Å². The van der Waals surface area contributed by atoms with E-state index in [1.54, 1.807) is 25.1 Å². The highest BCUT2D eigenvalue weighted by molar-refractivity contribution is 6.31. The number of anilines is 1. The molecule has 0 spiro atoms. The molecule has 1 aromatic heterocycles. The Balaban J connectivity index is 2.21. The number of benzene rings is 1. The molecule has 5 nitrogen and oxygen atoms in total. The number of rotatable bonds is 3. The number of carbonyl (C=O) groups excluding carboxylic acids is 1. The molecule has 0 unspecified atom stereocenters. The molecular formula is C14H11ClN2O3. The maximum absolute atomic E-state index is 12.0. The van der Waals surface area contributed by atoms with Gasteiger partial charge in [-0.15, -0.1) is 0 Å². The largest absolute Gasteiger partial charge is 0.477 e. The van der Waals surface area contributed by atoms with E-state index in [1.165, 1.54) is 18.3 Å². The molecular weight excluding hydrogens is 280 g/mol. The Hall–Kier alpha value is -2.40. The second-order valence-electron chi connectivity index (χ2n) is 4.15. The highest BCUT2D eigenvalue weighted by atomic mass is 35.5. The van der Waals surface area contributed by atoms with Gasteiger partial charge < -0.3 is 10.4 Å². The molecule has 0 bridgehead atoms. The lowest BCUT2D eigenvalue weighted by Crippen LogP contribution is -2.13. The molecule has 0 atom stereocenters. The molecule has 2 aromatic rings. The Morgan fingerprint density at radius 2 is 2.00 bits per heavy atom. The number of carboxylic acids is 1. The molecule has 0 aliphatic carbocycles. The van der Waals surface area contributed by atoms with E-state index < -0.39 is 5.97 Å². The van der Waals surface area contributed by atoms with E-state index in [4.69, 9.17) is 16.7 Å². The number of aromatic carboxylic acids is 1. The molecule has 6 heteroatoms. The average Bonchev–Trinajstić information content (AvgIpc) is 2.42. The summed E-state index contributed by atoms with van der Waals surface area (Å²) in [7, 11) is 0. The first-order valence-corrected chi connectivity index (χ1v) is 6.12. The van der Waals surface area contributed by atoms with Gasteiger partial charge in [0.05, 0.1) is 0 Å². The van der Waals surface area contributed by atoms with Gasteiger partial charge in [-0.05, 0) is 42.8 Å². The van der Waals surface area contributed by atoms with Crippen LogP contribution < -0.4 is 5.32 Å². The lowest BCUT2D eigenvalue weighted by Gasteiger charge is -2.07. The number of carboxylic acid groups (broad SMARTS) is 1. The van der Waals surface area contributed by atoms with E-state index in [0.717, 1.165) is 5.56 Å². The van der Waals surface area contributed by atoms with Crippen molar-refractivity contribution in [3.63, 3.8) is 0 Å². The molecule has 1 heterocycles. The standard InChI is InChI=1S/C14H11ClN2O3/c1-8-6-9(2-3-11(8)15)13(18)17-10-4-5-16-12(7-10)14(19)20/h2-7H,1H3,(H,19,20)(H,16,17,18). The molecule has 20 heavy (non-hydrogen) atoms. The molecule has 2 N–H and O–H groups in total. The third-order valence-corrected chi connectivity index (χ3v) is 3.08. The molecule has 1 amide bonds. The first-order chi connectivity index (χ1) is 9.47. The van der Waals surface area contributed by atoms with Crippen molar-refractivity contribution in [2.75, 3.05) is 5.32 Å². The fraction of sp³-hybridized carbons (Fsp3) is 0.0714. The fourth-order valence-corrected chi connectivity index (χ4v) is 1.73. The molecule has 0 radical (unpaired) electrons. The minimum atomic E-state index is -1.15.